The van der Waals surface area contributed by atoms with Gasteiger partial charge in [-0.3, -0.25) is 9.59 Å². The molecule has 0 aliphatic carbocycles. The van der Waals surface area contributed by atoms with Gasteiger partial charge < -0.3 is 9.73 Å². The lowest BCUT2D eigenvalue weighted by molar-refractivity contribution is 0.0951. The second-order valence-corrected chi connectivity index (χ2v) is 7.22. The van der Waals surface area contributed by atoms with Crippen LogP contribution >= 0.6 is 0 Å². The highest BCUT2D eigenvalue weighted by molar-refractivity contribution is 5.94. The lowest BCUT2D eigenvalue weighted by Gasteiger charge is -2.07. The Morgan fingerprint density at radius 3 is 2.28 bits per heavy atom. The van der Waals surface area contributed by atoms with Crippen molar-refractivity contribution >= 4 is 16.9 Å². The monoisotopic (exact) mass is 383 g/mol. The Bertz CT molecular complexity index is 1240. The molecule has 144 valence electrons. The molecule has 0 radical (unpaired) electrons. The number of benzene rings is 3. The summed E-state index contributed by atoms with van der Waals surface area (Å²) in [6.45, 7) is 4.44. The predicted octanol–water partition coefficient (Wildman–Crippen LogP) is 5.01. The number of carbonyl (C=O) groups is 1. The normalized spacial score (nSPS) is 10.8. The average molecular weight is 383 g/mol. The minimum atomic E-state index is -0.146. The van der Waals surface area contributed by atoms with E-state index in [4.69, 9.17) is 4.42 Å². The van der Waals surface area contributed by atoms with Crippen molar-refractivity contribution in [1.29, 1.82) is 0 Å². The van der Waals surface area contributed by atoms with Crippen LogP contribution in [-0.2, 0) is 6.54 Å². The summed E-state index contributed by atoms with van der Waals surface area (Å²) in [6.07, 6.45) is 0. The van der Waals surface area contributed by atoms with Crippen LogP contribution in [0.5, 0.6) is 0 Å². The summed E-state index contributed by atoms with van der Waals surface area (Å²) in [5.41, 5.74) is 5.03. The second-order valence-electron chi connectivity index (χ2n) is 7.22. The molecule has 0 spiro atoms. The van der Waals surface area contributed by atoms with Crippen LogP contribution in [0.3, 0.4) is 0 Å². The Hall–Kier alpha value is -3.66. The lowest BCUT2D eigenvalue weighted by atomic mass is 10.1. The van der Waals surface area contributed by atoms with Crippen molar-refractivity contribution in [2.24, 2.45) is 0 Å². The summed E-state index contributed by atoms with van der Waals surface area (Å²) in [5, 5.41) is 3.49. The Balaban J connectivity index is 1.52. The molecular weight excluding hydrogens is 362 g/mol. The Morgan fingerprint density at radius 2 is 1.55 bits per heavy atom. The smallest absolute Gasteiger partial charge is 0.251 e. The molecule has 4 aromatic rings. The van der Waals surface area contributed by atoms with Gasteiger partial charge in [0.25, 0.3) is 5.91 Å². The number of carbonyl (C=O) groups excluding carboxylic acids is 1. The molecule has 29 heavy (non-hydrogen) atoms. The van der Waals surface area contributed by atoms with Crippen molar-refractivity contribution < 1.29 is 9.21 Å². The summed E-state index contributed by atoms with van der Waals surface area (Å²) in [4.78, 5) is 24.8. The summed E-state index contributed by atoms with van der Waals surface area (Å²) in [7, 11) is 0. The number of fused-ring (bicyclic) bond motifs is 1. The first-order valence-electron chi connectivity index (χ1n) is 9.48. The summed E-state index contributed by atoms with van der Waals surface area (Å²) in [6, 6.07) is 22.1. The molecule has 0 aliphatic rings. The van der Waals surface area contributed by atoms with Crippen LogP contribution in [0, 0.1) is 13.8 Å². The molecule has 0 saturated carbocycles. The van der Waals surface area contributed by atoms with E-state index in [-0.39, 0.29) is 11.3 Å². The molecule has 0 bridgehead atoms. The first-order chi connectivity index (χ1) is 14.0. The topological polar surface area (TPSA) is 59.3 Å². The number of nitrogens with one attached hydrogen (secondary N) is 1. The second kappa shape index (κ2) is 7.76. The van der Waals surface area contributed by atoms with Crippen molar-refractivity contribution in [2.45, 2.75) is 20.4 Å². The minimum absolute atomic E-state index is 0.0788. The maximum Gasteiger partial charge on any atom is 0.251 e. The highest BCUT2D eigenvalue weighted by atomic mass is 16.3. The third kappa shape index (κ3) is 4.11. The summed E-state index contributed by atoms with van der Waals surface area (Å²) >= 11 is 0. The van der Waals surface area contributed by atoms with E-state index in [1.54, 1.807) is 24.3 Å². The van der Waals surface area contributed by atoms with Gasteiger partial charge in [-0.1, -0.05) is 53.6 Å². The van der Waals surface area contributed by atoms with E-state index in [0.29, 0.717) is 28.8 Å². The molecule has 1 amide bonds. The quantitative estimate of drug-likeness (QED) is 0.539. The first kappa shape index (κ1) is 18.7. The van der Waals surface area contributed by atoms with E-state index in [9.17, 15) is 9.59 Å². The van der Waals surface area contributed by atoms with Crippen molar-refractivity contribution in [3.05, 3.63) is 105 Å². The van der Waals surface area contributed by atoms with Crippen molar-refractivity contribution in [3.8, 4) is 11.3 Å². The summed E-state index contributed by atoms with van der Waals surface area (Å²) in [5.74, 6) is 0.338. The third-order valence-corrected chi connectivity index (χ3v) is 4.89. The van der Waals surface area contributed by atoms with Crippen LogP contribution in [0.25, 0.3) is 22.3 Å². The van der Waals surface area contributed by atoms with Gasteiger partial charge in [0.15, 0.2) is 5.43 Å². The van der Waals surface area contributed by atoms with Gasteiger partial charge in [0, 0.05) is 23.7 Å². The molecule has 4 rings (SSSR count). The van der Waals surface area contributed by atoms with Crippen LogP contribution in [0.4, 0.5) is 0 Å². The highest BCUT2D eigenvalue weighted by Crippen LogP contribution is 2.23. The molecule has 0 aliphatic heterocycles. The molecule has 0 fully saturated rings. The van der Waals surface area contributed by atoms with Gasteiger partial charge in [0.2, 0.25) is 0 Å². The fraction of sp³-hybridized carbons (Fsp3) is 0.120. The SMILES string of the molecule is Cc1ccc(CNC(=O)c2ccc(-c3cc(=O)c4cc(C)ccc4o3)cc2)cc1. The van der Waals surface area contributed by atoms with Crippen LogP contribution < -0.4 is 10.7 Å². The van der Waals surface area contributed by atoms with Crippen molar-refractivity contribution in [2.75, 3.05) is 0 Å². The van der Waals surface area contributed by atoms with Crippen molar-refractivity contribution in [3.63, 3.8) is 0 Å². The molecule has 0 atom stereocenters. The lowest BCUT2D eigenvalue weighted by Crippen LogP contribution is -2.22. The van der Waals surface area contributed by atoms with Gasteiger partial charge in [-0.25, -0.2) is 0 Å². The van der Waals surface area contributed by atoms with Gasteiger partial charge in [-0.2, -0.15) is 0 Å². The Labute approximate surface area is 168 Å². The van der Waals surface area contributed by atoms with Gasteiger partial charge in [0.05, 0.1) is 5.39 Å². The zero-order valence-corrected chi connectivity index (χ0v) is 16.4. The van der Waals surface area contributed by atoms with E-state index in [1.807, 2.05) is 56.3 Å². The van der Waals surface area contributed by atoms with E-state index in [1.165, 1.54) is 11.6 Å². The molecule has 1 heterocycles. The fourth-order valence-corrected chi connectivity index (χ4v) is 3.19. The number of amides is 1. The summed E-state index contributed by atoms with van der Waals surface area (Å²) < 4.78 is 5.90. The highest BCUT2D eigenvalue weighted by Gasteiger charge is 2.09. The molecule has 4 heteroatoms. The van der Waals surface area contributed by atoms with Gasteiger partial charge in [0.1, 0.15) is 11.3 Å². The average Bonchev–Trinajstić information content (AvgIpc) is 2.73. The standard InChI is InChI=1S/C25H21NO3/c1-16-3-6-18(7-4-16)15-26-25(28)20-10-8-19(9-11-20)24-14-22(27)21-13-17(2)5-12-23(21)29-24/h3-14H,15H2,1-2H3,(H,26,28). The zero-order valence-electron chi connectivity index (χ0n) is 16.4. The van der Waals surface area contributed by atoms with Gasteiger partial charge in [-0.15, -0.1) is 0 Å². The Kier molecular flexibility index (Phi) is 5.00. The number of hydrogen-bond acceptors (Lipinski definition) is 3. The van der Waals surface area contributed by atoms with Crippen LogP contribution in [0.1, 0.15) is 27.0 Å². The van der Waals surface area contributed by atoms with E-state index < -0.39 is 0 Å². The number of aryl methyl sites for hydroxylation is 2. The van der Waals surface area contributed by atoms with Gasteiger partial charge >= 0.3 is 0 Å². The maximum atomic E-state index is 12.4. The largest absolute Gasteiger partial charge is 0.456 e. The first-order valence-corrected chi connectivity index (χ1v) is 9.48. The molecule has 1 aromatic heterocycles. The maximum absolute atomic E-state index is 12.4. The van der Waals surface area contributed by atoms with Crippen LogP contribution in [-0.4, -0.2) is 5.91 Å². The Morgan fingerprint density at radius 1 is 0.862 bits per heavy atom. The van der Waals surface area contributed by atoms with Gasteiger partial charge in [-0.05, 0) is 43.7 Å². The molecule has 1 N–H and O–H groups in total. The van der Waals surface area contributed by atoms with E-state index in [2.05, 4.69) is 5.32 Å². The van der Waals surface area contributed by atoms with Crippen LogP contribution in [0.2, 0.25) is 0 Å². The third-order valence-electron chi connectivity index (χ3n) is 4.89. The number of hydrogen-bond donors (Lipinski definition) is 1. The zero-order chi connectivity index (χ0) is 20.4. The van der Waals surface area contributed by atoms with Crippen LogP contribution in [0.15, 0.2) is 82.0 Å². The van der Waals surface area contributed by atoms with E-state index >= 15 is 0 Å². The number of rotatable bonds is 4. The molecule has 4 nitrogen and oxygen atoms in total. The predicted molar refractivity (Wildman–Crippen MR) is 115 cm³/mol. The van der Waals surface area contributed by atoms with Crippen molar-refractivity contribution in [1.82, 2.24) is 5.32 Å². The molecule has 3 aromatic carbocycles. The molecular formula is C25H21NO3. The van der Waals surface area contributed by atoms with E-state index in [0.717, 1.165) is 16.7 Å². The fourth-order valence-electron chi connectivity index (χ4n) is 3.19. The molecule has 0 saturated heterocycles. The minimum Gasteiger partial charge on any atom is -0.456 e. The molecule has 0 unspecified atom stereocenters.